The lowest BCUT2D eigenvalue weighted by molar-refractivity contribution is 0.769. The van der Waals surface area contributed by atoms with E-state index in [1.807, 2.05) is 6.20 Å². The highest BCUT2D eigenvalue weighted by Gasteiger charge is 2.39. The van der Waals surface area contributed by atoms with E-state index in [0.717, 1.165) is 12.1 Å². The molecule has 0 radical (unpaired) electrons. The molecule has 0 saturated heterocycles. The van der Waals surface area contributed by atoms with Crippen molar-refractivity contribution in [3.8, 4) is 0 Å². The zero-order valence-electron chi connectivity index (χ0n) is 7.03. The van der Waals surface area contributed by atoms with Crippen molar-refractivity contribution < 1.29 is 0 Å². The molecular weight excluding hydrogens is 150 g/mol. The summed E-state index contributed by atoms with van der Waals surface area (Å²) >= 11 is 0. The fourth-order valence-corrected chi connectivity index (χ4v) is 1.79. The number of anilines is 1. The van der Waals surface area contributed by atoms with E-state index in [0.29, 0.717) is 0 Å². The van der Waals surface area contributed by atoms with Gasteiger partial charge in [-0.15, -0.1) is 0 Å². The zero-order chi connectivity index (χ0) is 7.97. The summed E-state index contributed by atoms with van der Waals surface area (Å²) in [6, 6.07) is 3.72. The lowest BCUT2D eigenvalue weighted by Gasteiger charge is -2.21. The summed E-state index contributed by atoms with van der Waals surface area (Å²) in [6.07, 6.45) is 7.32. The Morgan fingerprint density at radius 3 is 2.33 bits per heavy atom. The van der Waals surface area contributed by atoms with Crippen LogP contribution in [0.1, 0.15) is 25.7 Å². The summed E-state index contributed by atoms with van der Waals surface area (Å²) in [6.45, 7) is 0. The summed E-state index contributed by atoms with van der Waals surface area (Å²) in [5.74, 6) is 1.22. The highest BCUT2D eigenvalue weighted by atomic mass is 15.3. The molecule has 0 atom stereocenters. The van der Waals surface area contributed by atoms with E-state index in [1.165, 1.54) is 31.5 Å². The molecule has 3 nitrogen and oxygen atoms in total. The van der Waals surface area contributed by atoms with Crippen LogP contribution in [0.3, 0.4) is 0 Å². The number of nitrogens with zero attached hydrogens (tertiary/aromatic N) is 2. The Kier molecular flexibility index (Phi) is 1.22. The van der Waals surface area contributed by atoms with Gasteiger partial charge in [-0.3, -0.25) is 5.10 Å². The first kappa shape index (κ1) is 6.52. The first-order valence-electron chi connectivity index (χ1n) is 4.73. The van der Waals surface area contributed by atoms with E-state index in [4.69, 9.17) is 0 Å². The summed E-state index contributed by atoms with van der Waals surface area (Å²) in [5.41, 5.74) is 0. The number of H-pyrrole nitrogens is 1. The monoisotopic (exact) mass is 163 g/mol. The van der Waals surface area contributed by atoms with Crippen molar-refractivity contribution in [2.75, 3.05) is 4.90 Å². The van der Waals surface area contributed by atoms with Crippen molar-refractivity contribution in [2.24, 2.45) is 0 Å². The van der Waals surface area contributed by atoms with Gasteiger partial charge in [-0.1, -0.05) is 0 Å². The SMILES string of the molecule is c1cc(N(C2CC2)C2CC2)[nH]n1. The van der Waals surface area contributed by atoms with Crippen LogP contribution in [0.25, 0.3) is 0 Å². The van der Waals surface area contributed by atoms with Crippen LogP contribution in [0, 0.1) is 0 Å². The first-order chi connectivity index (χ1) is 5.95. The quantitative estimate of drug-likeness (QED) is 0.733. The van der Waals surface area contributed by atoms with E-state index in [9.17, 15) is 0 Å². The average Bonchev–Trinajstić information content (AvgIpc) is 2.95. The van der Waals surface area contributed by atoms with E-state index in [1.54, 1.807) is 0 Å². The number of rotatable bonds is 3. The number of nitrogens with one attached hydrogen (secondary N) is 1. The van der Waals surface area contributed by atoms with E-state index < -0.39 is 0 Å². The number of aromatic amines is 1. The average molecular weight is 163 g/mol. The third-order valence-corrected chi connectivity index (χ3v) is 2.64. The molecule has 3 rings (SSSR count). The predicted octanol–water partition coefficient (Wildman–Crippen LogP) is 1.54. The smallest absolute Gasteiger partial charge is 0.124 e. The minimum Gasteiger partial charge on any atom is -0.351 e. The second-order valence-electron chi connectivity index (χ2n) is 3.81. The Bertz CT molecular complexity index is 247. The first-order valence-corrected chi connectivity index (χ1v) is 4.73. The summed E-state index contributed by atoms with van der Waals surface area (Å²) in [7, 11) is 0. The Labute approximate surface area is 71.8 Å². The van der Waals surface area contributed by atoms with Gasteiger partial charge in [0.15, 0.2) is 0 Å². The molecule has 1 N–H and O–H groups in total. The Morgan fingerprint density at radius 1 is 1.25 bits per heavy atom. The predicted molar refractivity (Wildman–Crippen MR) is 47.1 cm³/mol. The van der Waals surface area contributed by atoms with Crippen LogP contribution in [0.2, 0.25) is 0 Å². The lowest BCUT2D eigenvalue weighted by atomic mass is 10.4. The van der Waals surface area contributed by atoms with Crippen molar-refractivity contribution in [2.45, 2.75) is 37.8 Å². The standard InChI is InChI=1S/C9H13N3/c1-2-7(1)12(8-3-4-8)9-5-6-10-11-9/h5-8H,1-4H2,(H,10,11). The molecule has 1 heterocycles. The van der Waals surface area contributed by atoms with E-state index >= 15 is 0 Å². The van der Waals surface area contributed by atoms with E-state index in [2.05, 4.69) is 21.2 Å². The molecule has 2 aliphatic carbocycles. The van der Waals surface area contributed by atoms with Crippen LogP contribution in [0.15, 0.2) is 12.3 Å². The normalized spacial score (nSPS) is 22.7. The fourth-order valence-electron chi connectivity index (χ4n) is 1.79. The largest absolute Gasteiger partial charge is 0.351 e. The molecule has 0 bridgehead atoms. The van der Waals surface area contributed by atoms with Gasteiger partial charge in [0.05, 0.1) is 6.20 Å². The van der Waals surface area contributed by atoms with Crippen LogP contribution in [0.4, 0.5) is 5.82 Å². The Balaban J connectivity index is 1.85. The van der Waals surface area contributed by atoms with Crippen molar-refractivity contribution >= 4 is 5.82 Å². The molecule has 12 heavy (non-hydrogen) atoms. The number of hydrogen-bond donors (Lipinski definition) is 1. The maximum absolute atomic E-state index is 4.00. The van der Waals surface area contributed by atoms with Crippen molar-refractivity contribution in [1.29, 1.82) is 0 Å². The highest BCUT2D eigenvalue weighted by molar-refractivity contribution is 5.43. The molecular formula is C9H13N3. The van der Waals surface area contributed by atoms with Gasteiger partial charge in [0.2, 0.25) is 0 Å². The zero-order valence-corrected chi connectivity index (χ0v) is 7.03. The number of hydrogen-bond acceptors (Lipinski definition) is 2. The summed E-state index contributed by atoms with van der Waals surface area (Å²) in [5, 5.41) is 7.05. The highest BCUT2D eigenvalue weighted by Crippen LogP contribution is 2.39. The molecule has 3 heteroatoms. The topological polar surface area (TPSA) is 31.9 Å². The lowest BCUT2D eigenvalue weighted by Crippen LogP contribution is -2.28. The molecule has 0 unspecified atom stereocenters. The molecule has 0 aliphatic heterocycles. The third kappa shape index (κ3) is 1.00. The van der Waals surface area contributed by atoms with Crippen LogP contribution >= 0.6 is 0 Å². The maximum Gasteiger partial charge on any atom is 0.124 e. The minimum absolute atomic E-state index is 0.818. The number of aromatic nitrogens is 2. The molecule has 1 aromatic heterocycles. The van der Waals surface area contributed by atoms with Gasteiger partial charge in [0.25, 0.3) is 0 Å². The second kappa shape index (κ2) is 2.25. The van der Waals surface area contributed by atoms with Gasteiger partial charge in [-0.05, 0) is 25.7 Å². The Morgan fingerprint density at radius 2 is 1.92 bits per heavy atom. The van der Waals surface area contributed by atoms with Gasteiger partial charge >= 0.3 is 0 Å². The molecule has 0 spiro atoms. The second-order valence-corrected chi connectivity index (χ2v) is 3.81. The van der Waals surface area contributed by atoms with Gasteiger partial charge in [-0.2, -0.15) is 5.10 Å². The Hall–Kier alpha value is -0.990. The van der Waals surface area contributed by atoms with Gasteiger partial charge in [-0.25, -0.2) is 0 Å². The van der Waals surface area contributed by atoms with Crippen molar-refractivity contribution in [1.82, 2.24) is 10.2 Å². The van der Waals surface area contributed by atoms with Crippen LogP contribution in [-0.4, -0.2) is 22.3 Å². The fraction of sp³-hybridized carbons (Fsp3) is 0.667. The minimum atomic E-state index is 0.818. The summed E-state index contributed by atoms with van der Waals surface area (Å²) < 4.78 is 0. The summed E-state index contributed by atoms with van der Waals surface area (Å²) in [4.78, 5) is 2.52. The molecule has 2 saturated carbocycles. The van der Waals surface area contributed by atoms with Gasteiger partial charge < -0.3 is 4.90 Å². The van der Waals surface area contributed by atoms with Gasteiger partial charge in [0.1, 0.15) is 5.82 Å². The molecule has 2 aliphatic rings. The molecule has 1 aromatic rings. The molecule has 2 fully saturated rings. The molecule has 0 aromatic carbocycles. The van der Waals surface area contributed by atoms with Crippen LogP contribution in [-0.2, 0) is 0 Å². The van der Waals surface area contributed by atoms with Gasteiger partial charge in [0, 0.05) is 18.2 Å². The van der Waals surface area contributed by atoms with E-state index in [-0.39, 0.29) is 0 Å². The molecule has 64 valence electrons. The maximum atomic E-state index is 4.00. The van der Waals surface area contributed by atoms with Crippen LogP contribution < -0.4 is 4.90 Å². The van der Waals surface area contributed by atoms with Crippen LogP contribution in [0.5, 0.6) is 0 Å². The van der Waals surface area contributed by atoms with Crippen molar-refractivity contribution in [3.63, 3.8) is 0 Å². The third-order valence-electron chi connectivity index (χ3n) is 2.64. The van der Waals surface area contributed by atoms with Crippen molar-refractivity contribution in [3.05, 3.63) is 12.3 Å². The molecule has 0 amide bonds.